The Morgan fingerprint density at radius 1 is 1.16 bits per heavy atom. The largest absolute Gasteiger partial charge is 0.460 e. The Bertz CT molecular complexity index is 1090. The minimum atomic E-state index is -0.674. The summed E-state index contributed by atoms with van der Waals surface area (Å²) in [5.41, 5.74) is 5.70. The summed E-state index contributed by atoms with van der Waals surface area (Å²) in [5, 5.41) is 17.5. The first-order valence-electron chi connectivity index (χ1n) is 12.9. The van der Waals surface area contributed by atoms with Gasteiger partial charge in [0, 0.05) is 61.3 Å². The fourth-order valence-electron chi connectivity index (χ4n) is 5.34. The van der Waals surface area contributed by atoms with Crippen molar-refractivity contribution in [3.8, 4) is 11.1 Å². The number of benzene rings is 1. The van der Waals surface area contributed by atoms with Crippen LogP contribution in [0.2, 0.25) is 0 Å². The summed E-state index contributed by atoms with van der Waals surface area (Å²) in [6.45, 7) is 7.16. The minimum Gasteiger partial charge on any atom is -0.460 e. The van der Waals surface area contributed by atoms with Crippen LogP contribution in [0.25, 0.3) is 11.1 Å². The summed E-state index contributed by atoms with van der Waals surface area (Å²) in [7, 11) is 0. The van der Waals surface area contributed by atoms with Gasteiger partial charge in [0.25, 0.3) is 0 Å². The van der Waals surface area contributed by atoms with Gasteiger partial charge in [-0.15, -0.1) is 0 Å². The third-order valence-electron chi connectivity index (χ3n) is 7.56. The molecule has 2 fully saturated rings. The number of aliphatic hydroxyl groups is 1. The molecule has 0 unspecified atom stereocenters. The molecule has 2 aliphatic rings. The maximum atomic E-state index is 15.1. The summed E-state index contributed by atoms with van der Waals surface area (Å²) in [5.74, 6) is -0.463. The molecule has 10 heteroatoms. The van der Waals surface area contributed by atoms with Crippen LogP contribution in [0.15, 0.2) is 30.6 Å². The van der Waals surface area contributed by atoms with E-state index in [1.54, 1.807) is 30.6 Å². The van der Waals surface area contributed by atoms with E-state index in [-0.39, 0.29) is 24.4 Å². The maximum Gasteiger partial charge on any atom is 0.313 e. The zero-order valence-electron chi connectivity index (χ0n) is 21.6. The quantitative estimate of drug-likeness (QED) is 0.280. The third-order valence-corrected chi connectivity index (χ3v) is 7.56. The Morgan fingerprint density at radius 3 is 2.41 bits per heavy atom. The van der Waals surface area contributed by atoms with Crippen LogP contribution in [0.1, 0.15) is 51.5 Å². The number of nitrogens with two attached hydrogens (primary N) is 1. The first-order chi connectivity index (χ1) is 17.6. The molecule has 0 bridgehead atoms. The van der Waals surface area contributed by atoms with E-state index in [0.717, 1.165) is 51.9 Å². The van der Waals surface area contributed by atoms with Gasteiger partial charge < -0.3 is 20.5 Å². The highest BCUT2D eigenvalue weighted by molar-refractivity contribution is 5.94. The number of carbonyl (C=O) groups excluding carboxylic acids is 1. The monoisotopic (exact) mass is 512 g/mol. The van der Waals surface area contributed by atoms with E-state index in [0.29, 0.717) is 29.0 Å². The lowest BCUT2D eigenvalue weighted by Gasteiger charge is -2.43. The van der Waals surface area contributed by atoms with E-state index in [1.807, 2.05) is 13.8 Å². The fourth-order valence-corrected chi connectivity index (χ4v) is 5.34. The normalized spacial score (nSPS) is 21.0. The summed E-state index contributed by atoms with van der Waals surface area (Å²) >= 11 is 0. The zero-order chi connectivity index (χ0) is 26.6. The van der Waals surface area contributed by atoms with Crippen LogP contribution < -0.4 is 10.6 Å². The van der Waals surface area contributed by atoms with Crippen molar-refractivity contribution in [3.63, 3.8) is 0 Å². The number of hydrogen-bond acceptors (Lipinski definition) is 8. The molecule has 1 saturated heterocycles. The number of ether oxygens (including phenoxy) is 1. The molecule has 37 heavy (non-hydrogen) atoms. The van der Waals surface area contributed by atoms with Crippen molar-refractivity contribution in [1.82, 2.24) is 14.9 Å². The van der Waals surface area contributed by atoms with Gasteiger partial charge in [0.2, 0.25) is 5.95 Å². The smallest absolute Gasteiger partial charge is 0.313 e. The number of carbonyl (C=O) groups is 1. The average Bonchev–Trinajstić information content (AvgIpc) is 2.87. The lowest BCUT2D eigenvalue weighted by atomic mass is 9.77. The number of aromatic nitrogens is 2. The van der Waals surface area contributed by atoms with Gasteiger partial charge in [-0.25, -0.2) is 14.4 Å². The second-order valence-electron chi connectivity index (χ2n) is 10.6. The molecule has 4 N–H and O–H groups in total. The number of esters is 1. The standard InChI is InChI=1S/C27H37FN6O3/c1-27(2,36)20-6-8-21(9-7-20)33-10-12-34(13-11-33)26-31-15-19(16-32-26)22-5-3-4-18(25(22)28)17-37-24(35)14-23(29)30/h3-5,15-16,20-21,36H,6-14,17H2,1-2H3,(H3,29,30). The molecule has 200 valence electrons. The number of halogens is 1. The summed E-state index contributed by atoms with van der Waals surface area (Å²) < 4.78 is 20.1. The number of rotatable bonds is 8. The van der Waals surface area contributed by atoms with Crippen LogP contribution in [-0.2, 0) is 16.1 Å². The predicted octanol–water partition coefficient (Wildman–Crippen LogP) is 3.10. The molecule has 0 spiro atoms. The number of nitrogens with one attached hydrogen (secondary N) is 1. The summed E-state index contributed by atoms with van der Waals surface area (Å²) in [4.78, 5) is 25.4. The lowest BCUT2D eigenvalue weighted by molar-refractivity contribution is -0.143. The molecular formula is C27H37FN6O3. The number of anilines is 1. The number of nitrogens with zero attached hydrogens (tertiary/aromatic N) is 4. The molecule has 1 aliphatic carbocycles. The van der Waals surface area contributed by atoms with E-state index in [2.05, 4.69) is 19.8 Å². The molecule has 2 heterocycles. The molecule has 9 nitrogen and oxygen atoms in total. The van der Waals surface area contributed by atoms with Gasteiger partial charge in [-0.05, 0) is 45.4 Å². The Kier molecular flexibility index (Phi) is 8.39. The third kappa shape index (κ3) is 6.81. The molecule has 2 aromatic rings. The molecule has 1 aromatic carbocycles. The Hall–Kier alpha value is -3.11. The summed E-state index contributed by atoms with van der Waals surface area (Å²) in [6.07, 6.45) is 7.30. The highest BCUT2D eigenvalue weighted by atomic mass is 19.1. The van der Waals surface area contributed by atoms with Crippen molar-refractivity contribution in [2.75, 3.05) is 31.1 Å². The Balaban J connectivity index is 1.32. The highest BCUT2D eigenvalue weighted by Gasteiger charge is 2.34. The Morgan fingerprint density at radius 2 is 1.81 bits per heavy atom. The van der Waals surface area contributed by atoms with Crippen LogP contribution >= 0.6 is 0 Å². The second-order valence-corrected chi connectivity index (χ2v) is 10.6. The van der Waals surface area contributed by atoms with Gasteiger partial charge in [-0.1, -0.05) is 18.2 Å². The molecule has 0 amide bonds. The van der Waals surface area contributed by atoms with Crippen molar-refractivity contribution in [1.29, 1.82) is 5.41 Å². The van der Waals surface area contributed by atoms with E-state index in [9.17, 15) is 9.90 Å². The van der Waals surface area contributed by atoms with Gasteiger partial charge in [-0.3, -0.25) is 15.1 Å². The van der Waals surface area contributed by atoms with E-state index in [1.165, 1.54) is 0 Å². The molecule has 0 atom stereocenters. The van der Waals surface area contributed by atoms with E-state index in [4.69, 9.17) is 15.9 Å². The van der Waals surface area contributed by atoms with Crippen LogP contribution in [0, 0.1) is 17.1 Å². The molecule has 1 aromatic heterocycles. The topological polar surface area (TPSA) is 129 Å². The first kappa shape index (κ1) is 26.9. The maximum absolute atomic E-state index is 15.1. The SMILES string of the molecule is CC(C)(O)C1CCC(N2CCN(c3ncc(-c4cccc(COC(=O)CC(=N)N)c4F)cn3)CC2)CC1. The fraction of sp³-hybridized carbons (Fsp3) is 0.556. The van der Waals surface area contributed by atoms with E-state index >= 15 is 4.39 Å². The van der Waals surface area contributed by atoms with Crippen molar-refractivity contribution >= 4 is 17.8 Å². The number of hydrogen-bond donors (Lipinski definition) is 3. The van der Waals surface area contributed by atoms with Crippen molar-refractivity contribution < 1.29 is 19.0 Å². The molecule has 1 saturated carbocycles. The van der Waals surface area contributed by atoms with Gasteiger partial charge in [0.1, 0.15) is 24.7 Å². The average molecular weight is 513 g/mol. The van der Waals surface area contributed by atoms with E-state index < -0.39 is 17.4 Å². The van der Waals surface area contributed by atoms with Gasteiger partial charge >= 0.3 is 5.97 Å². The number of amidine groups is 1. The van der Waals surface area contributed by atoms with Gasteiger partial charge in [-0.2, -0.15) is 0 Å². The molecule has 1 aliphatic heterocycles. The van der Waals surface area contributed by atoms with Gasteiger partial charge in [0.15, 0.2) is 0 Å². The van der Waals surface area contributed by atoms with Crippen molar-refractivity contribution in [2.24, 2.45) is 11.7 Å². The lowest BCUT2D eigenvalue weighted by Crippen LogP contribution is -2.52. The van der Waals surface area contributed by atoms with Crippen LogP contribution in [0.4, 0.5) is 10.3 Å². The minimum absolute atomic E-state index is 0.228. The second kappa shape index (κ2) is 11.5. The molecule has 0 radical (unpaired) electrons. The number of piperazine rings is 1. The summed E-state index contributed by atoms with van der Waals surface area (Å²) in [6, 6.07) is 5.45. The van der Waals surface area contributed by atoms with Crippen LogP contribution in [0.3, 0.4) is 0 Å². The zero-order valence-corrected chi connectivity index (χ0v) is 21.6. The highest BCUT2D eigenvalue weighted by Crippen LogP contribution is 2.35. The Labute approximate surface area is 217 Å². The molecular weight excluding hydrogens is 475 g/mol. The van der Waals surface area contributed by atoms with Gasteiger partial charge in [0.05, 0.1) is 5.60 Å². The molecule has 4 rings (SSSR count). The van der Waals surface area contributed by atoms with Crippen LogP contribution in [0.5, 0.6) is 0 Å². The van der Waals surface area contributed by atoms with Crippen molar-refractivity contribution in [2.45, 2.75) is 64.2 Å². The first-order valence-corrected chi connectivity index (χ1v) is 12.9. The van der Waals surface area contributed by atoms with Crippen molar-refractivity contribution in [3.05, 3.63) is 42.0 Å². The van der Waals surface area contributed by atoms with Crippen LogP contribution in [-0.4, -0.2) is 69.6 Å². The predicted molar refractivity (Wildman–Crippen MR) is 140 cm³/mol.